The lowest BCUT2D eigenvalue weighted by Gasteiger charge is -2.10. The van der Waals surface area contributed by atoms with Crippen LogP contribution in [0.1, 0.15) is 0 Å². The van der Waals surface area contributed by atoms with Crippen LogP contribution in [0.25, 0.3) is 139 Å². The number of furan rings is 2. The number of para-hydroxylation sites is 4. The molecule has 14 rings (SSSR count). The van der Waals surface area contributed by atoms with Gasteiger partial charge in [0.05, 0.1) is 16.6 Å². The number of hydrogen-bond donors (Lipinski definition) is 0. The molecule has 0 fully saturated rings. The summed E-state index contributed by atoms with van der Waals surface area (Å²) in [4.78, 5) is 15.2. The third-order valence-corrected chi connectivity index (χ3v) is 13.5. The second-order valence-electron chi connectivity index (χ2n) is 17.6. The highest BCUT2D eigenvalue weighted by atomic mass is 16.3. The standard InChI is InChI=1S/C63H38N4O2/c1-3-14-39(15-4-1)61-64-62(66-63(65-61)54-25-13-24-53-50-23-8-10-27-57(50)69-60(53)54)46-19-12-18-42(35-46)40-16-11-17-41(34-40)44-29-32-51-52-33-30-45(38-59(52)68-58(51)37-44)43-28-31-49-48-22-7-9-26-55(48)67(56(49)36-43)47-20-5-2-6-21-47/h1-38H. The van der Waals surface area contributed by atoms with Crippen LogP contribution in [0.15, 0.2) is 239 Å². The minimum absolute atomic E-state index is 0.554. The SMILES string of the molecule is c1ccc(-c2nc(-c3cccc(-c4cccc(-c5ccc6c(c5)oc5cc(-c7ccc8c9ccccc9n(-c9ccccc9)c8c7)ccc56)c4)c3)nc(-c3cccc4c3oc3ccccc34)n2)cc1. The number of rotatable bonds is 7. The van der Waals surface area contributed by atoms with Crippen LogP contribution in [0.3, 0.4) is 0 Å². The summed E-state index contributed by atoms with van der Waals surface area (Å²) < 4.78 is 15.5. The molecule has 69 heavy (non-hydrogen) atoms. The van der Waals surface area contributed by atoms with Gasteiger partial charge in [-0.05, 0) is 106 Å². The van der Waals surface area contributed by atoms with Crippen molar-refractivity contribution in [2.75, 3.05) is 0 Å². The van der Waals surface area contributed by atoms with Gasteiger partial charge in [0.15, 0.2) is 17.5 Å². The molecule has 4 aromatic heterocycles. The predicted molar refractivity (Wildman–Crippen MR) is 281 cm³/mol. The van der Waals surface area contributed by atoms with Gasteiger partial charge in [0, 0.05) is 49.1 Å². The van der Waals surface area contributed by atoms with Gasteiger partial charge in [-0.3, -0.25) is 0 Å². The van der Waals surface area contributed by atoms with E-state index in [1.165, 1.54) is 21.8 Å². The summed E-state index contributed by atoms with van der Waals surface area (Å²) in [6.45, 7) is 0. The fraction of sp³-hybridized carbons (Fsp3) is 0. The highest BCUT2D eigenvalue weighted by Crippen LogP contribution is 2.40. The summed E-state index contributed by atoms with van der Waals surface area (Å²) in [6.07, 6.45) is 0. The molecule has 6 nitrogen and oxygen atoms in total. The highest BCUT2D eigenvalue weighted by molar-refractivity contribution is 6.12. The molecule has 0 saturated carbocycles. The first kappa shape index (κ1) is 38.8. The zero-order valence-corrected chi connectivity index (χ0v) is 37.0. The Bertz CT molecular complexity index is 4320. The van der Waals surface area contributed by atoms with E-state index in [0.717, 1.165) is 99.6 Å². The first-order valence-corrected chi connectivity index (χ1v) is 23.2. The van der Waals surface area contributed by atoms with Gasteiger partial charge in [-0.15, -0.1) is 0 Å². The maximum atomic E-state index is 6.68. The monoisotopic (exact) mass is 882 g/mol. The van der Waals surface area contributed by atoms with E-state index >= 15 is 0 Å². The minimum Gasteiger partial charge on any atom is -0.456 e. The third kappa shape index (κ3) is 6.53. The quantitative estimate of drug-likeness (QED) is 0.159. The molecule has 322 valence electrons. The van der Waals surface area contributed by atoms with Gasteiger partial charge in [-0.2, -0.15) is 0 Å². The van der Waals surface area contributed by atoms with Gasteiger partial charge in [0.1, 0.15) is 22.3 Å². The molecule has 0 atom stereocenters. The van der Waals surface area contributed by atoms with Gasteiger partial charge < -0.3 is 13.4 Å². The average Bonchev–Trinajstić information content (AvgIpc) is 4.10. The smallest absolute Gasteiger partial charge is 0.167 e. The Morgan fingerprint density at radius 2 is 0.754 bits per heavy atom. The summed E-state index contributed by atoms with van der Waals surface area (Å²) in [6, 6.07) is 80.5. The number of aromatic nitrogens is 4. The molecule has 0 bridgehead atoms. The molecule has 0 N–H and O–H groups in total. The second kappa shape index (κ2) is 15.6. The molecule has 4 heterocycles. The zero-order chi connectivity index (χ0) is 45.4. The van der Waals surface area contributed by atoms with Crippen LogP contribution in [-0.4, -0.2) is 19.5 Å². The van der Waals surface area contributed by atoms with E-state index in [-0.39, 0.29) is 0 Å². The van der Waals surface area contributed by atoms with E-state index in [4.69, 9.17) is 23.8 Å². The number of nitrogens with zero attached hydrogens (tertiary/aromatic N) is 4. The lowest BCUT2D eigenvalue weighted by molar-refractivity contribution is 0.669. The topological polar surface area (TPSA) is 69.9 Å². The third-order valence-electron chi connectivity index (χ3n) is 13.5. The summed E-state index contributed by atoms with van der Waals surface area (Å²) in [5, 5.41) is 6.74. The van der Waals surface area contributed by atoms with Crippen molar-refractivity contribution in [1.29, 1.82) is 0 Å². The normalized spacial score (nSPS) is 11.8. The Kier molecular flexibility index (Phi) is 8.79. The van der Waals surface area contributed by atoms with Crippen molar-refractivity contribution in [2.45, 2.75) is 0 Å². The molecule has 0 aliphatic rings. The largest absolute Gasteiger partial charge is 0.456 e. The maximum Gasteiger partial charge on any atom is 0.167 e. The van der Waals surface area contributed by atoms with Crippen molar-refractivity contribution in [2.24, 2.45) is 0 Å². The number of hydrogen-bond acceptors (Lipinski definition) is 5. The zero-order valence-electron chi connectivity index (χ0n) is 37.0. The Morgan fingerprint density at radius 3 is 1.48 bits per heavy atom. The molecule has 10 aromatic carbocycles. The molecule has 0 aliphatic heterocycles. The Hall–Kier alpha value is -9.39. The van der Waals surface area contributed by atoms with Crippen LogP contribution in [0.5, 0.6) is 0 Å². The van der Waals surface area contributed by atoms with Gasteiger partial charge in [-0.25, -0.2) is 15.0 Å². The lowest BCUT2D eigenvalue weighted by atomic mass is 9.97. The minimum atomic E-state index is 0.554. The molecule has 0 radical (unpaired) electrons. The summed E-state index contributed by atoms with van der Waals surface area (Å²) in [5.41, 5.74) is 16.0. The first-order valence-electron chi connectivity index (χ1n) is 23.2. The average molecular weight is 883 g/mol. The van der Waals surface area contributed by atoms with E-state index in [1.54, 1.807) is 0 Å². The van der Waals surface area contributed by atoms with Gasteiger partial charge in [0.2, 0.25) is 0 Å². The lowest BCUT2D eigenvalue weighted by Crippen LogP contribution is -2.00. The van der Waals surface area contributed by atoms with Crippen molar-refractivity contribution in [3.05, 3.63) is 231 Å². The molecular formula is C63H38N4O2. The second-order valence-corrected chi connectivity index (χ2v) is 17.6. The van der Waals surface area contributed by atoms with Crippen LogP contribution in [-0.2, 0) is 0 Å². The maximum absolute atomic E-state index is 6.68. The molecule has 14 aromatic rings. The van der Waals surface area contributed by atoms with Crippen LogP contribution in [0.2, 0.25) is 0 Å². The van der Waals surface area contributed by atoms with E-state index in [0.29, 0.717) is 17.5 Å². The van der Waals surface area contributed by atoms with Crippen LogP contribution >= 0.6 is 0 Å². The van der Waals surface area contributed by atoms with Crippen molar-refractivity contribution in [3.63, 3.8) is 0 Å². The van der Waals surface area contributed by atoms with Crippen molar-refractivity contribution in [1.82, 2.24) is 19.5 Å². The molecule has 0 unspecified atom stereocenters. The summed E-state index contributed by atoms with van der Waals surface area (Å²) in [5.74, 6) is 1.73. The fourth-order valence-electron chi connectivity index (χ4n) is 10.1. The van der Waals surface area contributed by atoms with E-state index in [2.05, 4.69) is 174 Å². The summed E-state index contributed by atoms with van der Waals surface area (Å²) >= 11 is 0. The van der Waals surface area contributed by atoms with Crippen LogP contribution in [0, 0.1) is 0 Å². The van der Waals surface area contributed by atoms with Gasteiger partial charge >= 0.3 is 0 Å². The number of fused-ring (bicyclic) bond motifs is 9. The summed E-state index contributed by atoms with van der Waals surface area (Å²) in [7, 11) is 0. The van der Waals surface area contributed by atoms with E-state index in [9.17, 15) is 0 Å². The van der Waals surface area contributed by atoms with E-state index < -0.39 is 0 Å². The number of benzene rings is 10. The Labute approximate surface area is 396 Å². The van der Waals surface area contributed by atoms with Crippen molar-refractivity contribution in [3.8, 4) is 73.2 Å². The first-order chi connectivity index (χ1) is 34.2. The van der Waals surface area contributed by atoms with Crippen molar-refractivity contribution < 1.29 is 8.83 Å². The molecular weight excluding hydrogens is 845 g/mol. The molecule has 0 saturated heterocycles. The molecule has 6 heteroatoms. The molecule has 0 spiro atoms. The van der Waals surface area contributed by atoms with E-state index in [1.807, 2.05) is 60.7 Å². The fourth-order valence-corrected chi connectivity index (χ4v) is 10.1. The van der Waals surface area contributed by atoms with Gasteiger partial charge in [0.25, 0.3) is 0 Å². The molecule has 0 aliphatic carbocycles. The van der Waals surface area contributed by atoms with Crippen LogP contribution in [0.4, 0.5) is 0 Å². The predicted octanol–water partition coefficient (Wildman–Crippen LogP) is 16.8. The Morgan fingerprint density at radius 1 is 0.275 bits per heavy atom. The van der Waals surface area contributed by atoms with Crippen molar-refractivity contribution >= 4 is 65.7 Å². The van der Waals surface area contributed by atoms with Crippen LogP contribution < -0.4 is 0 Å². The Balaban J connectivity index is 0.809. The highest BCUT2D eigenvalue weighted by Gasteiger charge is 2.19. The van der Waals surface area contributed by atoms with Gasteiger partial charge in [-0.1, -0.05) is 158 Å². The molecule has 0 amide bonds.